The van der Waals surface area contributed by atoms with Gasteiger partial charge < -0.3 is 4.74 Å². The molecule has 4 unspecified atom stereocenters. The van der Waals surface area contributed by atoms with Gasteiger partial charge in [-0.15, -0.1) is 0 Å². The minimum Gasteiger partial charge on any atom is -0.485 e. The van der Waals surface area contributed by atoms with Crippen LogP contribution in [0.15, 0.2) is 78.9 Å². The van der Waals surface area contributed by atoms with Crippen molar-refractivity contribution in [3.05, 3.63) is 84.4 Å². The Morgan fingerprint density at radius 1 is 0.824 bits per heavy atom. The molecule has 6 atom stereocenters. The van der Waals surface area contributed by atoms with Crippen molar-refractivity contribution in [1.82, 2.24) is 0 Å². The average Bonchev–Trinajstić information content (AvgIpc) is 3.66. The fourth-order valence-electron chi connectivity index (χ4n) is 6.50. The van der Waals surface area contributed by atoms with E-state index in [1.165, 1.54) is 4.90 Å². The second kappa shape index (κ2) is 7.13. The molecule has 3 aromatic carbocycles. The van der Waals surface area contributed by atoms with Gasteiger partial charge in [-0.25, -0.2) is 0 Å². The molecule has 2 bridgehead atoms. The van der Waals surface area contributed by atoms with E-state index in [-0.39, 0.29) is 47.9 Å². The first-order chi connectivity index (χ1) is 16.6. The lowest BCUT2D eigenvalue weighted by Crippen LogP contribution is -2.40. The maximum Gasteiger partial charge on any atom is 0.238 e. The Bertz CT molecular complexity index is 1350. The van der Waals surface area contributed by atoms with Crippen molar-refractivity contribution in [3.63, 3.8) is 0 Å². The predicted octanol–water partition coefficient (Wildman–Crippen LogP) is 4.66. The molecule has 2 amide bonds. The van der Waals surface area contributed by atoms with Gasteiger partial charge in [-0.2, -0.15) is 0 Å². The first kappa shape index (κ1) is 19.7. The van der Waals surface area contributed by atoms with E-state index in [0.29, 0.717) is 28.8 Å². The number of fused-ring (bicyclic) bond motifs is 1. The Morgan fingerprint density at radius 3 is 2.15 bits per heavy atom. The summed E-state index contributed by atoms with van der Waals surface area (Å²) >= 11 is 0. The van der Waals surface area contributed by atoms with E-state index < -0.39 is 0 Å². The van der Waals surface area contributed by atoms with Crippen molar-refractivity contribution >= 4 is 34.1 Å². The number of carbonyl (C=O) groups is 3. The van der Waals surface area contributed by atoms with Gasteiger partial charge in [-0.05, 0) is 71.2 Å². The number of rotatable bonds is 5. The zero-order valence-corrected chi connectivity index (χ0v) is 18.5. The number of ether oxygens (including phenoxy) is 1. The molecule has 0 aromatic heterocycles. The van der Waals surface area contributed by atoms with Crippen molar-refractivity contribution in [3.8, 4) is 5.75 Å². The molecule has 1 heterocycles. The van der Waals surface area contributed by atoms with Crippen LogP contribution in [-0.2, 0) is 9.59 Å². The minimum atomic E-state index is -0.207. The van der Waals surface area contributed by atoms with Crippen molar-refractivity contribution in [2.75, 3.05) is 11.5 Å². The summed E-state index contributed by atoms with van der Waals surface area (Å²) in [7, 11) is 0. The topological polar surface area (TPSA) is 63.7 Å². The molecule has 168 valence electrons. The second-order valence-electron chi connectivity index (χ2n) is 9.93. The van der Waals surface area contributed by atoms with E-state index in [2.05, 4.69) is 12.2 Å². The van der Waals surface area contributed by atoms with E-state index >= 15 is 0 Å². The summed E-state index contributed by atoms with van der Waals surface area (Å²) in [5, 5.41) is 2.10. The van der Waals surface area contributed by atoms with Crippen LogP contribution in [0, 0.1) is 35.5 Å². The van der Waals surface area contributed by atoms with Gasteiger partial charge in [0.25, 0.3) is 0 Å². The molecule has 5 heteroatoms. The molecule has 1 saturated heterocycles. The van der Waals surface area contributed by atoms with Crippen LogP contribution in [0.2, 0.25) is 0 Å². The zero-order valence-electron chi connectivity index (χ0n) is 18.5. The SMILES string of the molecule is O=C(COc1ccc(N2C(=O)C3C(C2=O)[C@@H]2C=CC3[C@H]3CC23)cc1)c1ccc2ccccc2c1. The van der Waals surface area contributed by atoms with E-state index in [4.69, 9.17) is 4.74 Å². The molecular weight excluding hydrogens is 426 g/mol. The number of anilines is 1. The molecule has 34 heavy (non-hydrogen) atoms. The largest absolute Gasteiger partial charge is 0.485 e. The molecule has 0 radical (unpaired) electrons. The highest BCUT2D eigenvalue weighted by atomic mass is 16.5. The van der Waals surface area contributed by atoms with Crippen LogP contribution >= 0.6 is 0 Å². The summed E-state index contributed by atoms with van der Waals surface area (Å²) < 4.78 is 5.72. The lowest BCUT2D eigenvalue weighted by Gasteiger charge is -2.37. The third-order valence-electron chi connectivity index (χ3n) is 8.20. The van der Waals surface area contributed by atoms with Gasteiger partial charge >= 0.3 is 0 Å². The molecule has 0 spiro atoms. The number of Topliss-reactive ketones (excluding diaryl/α,β-unsaturated/α-hetero) is 1. The average molecular weight is 450 g/mol. The normalized spacial score (nSPS) is 30.4. The summed E-state index contributed by atoms with van der Waals surface area (Å²) in [5.74, 6) is 1.47. The fraction of sp³-hybridized carbons (Fsp3) is 0.276. The summed E-state index contributed by atoms with van der Waals surface area (Å²) in [6.45, 7) is -0.0821. The van der Waals surface area contributed by atoms with Crippen molar-refractivity contribution in [1.29, 1.82) is 0 Å². The zero-order chi connectivity index (χ0) is 23.0. The highest BCUT2D eigenvalue weighted by Crippen LogP contribution is 2.65. The van der Waals surface area contributed by atoms with Crippen molar-refractivity contribution in [2.45, 2.75) is 6.42 Å². The molecule has 0 N–H and O–H groups in total. The van der Waals surface area contributed by atoms with Gasteiger partial charge in [0.05, 0.1) is 17.5 Å². The Balaban J connectivity index is 1.05. The van der Waals surface area contributed by atoms with Gasteiger partial charge in [-0.3, -0.25) is 19.3 Å². The number of hydrogen-bond donors (Lipinski definition) is 0. The maximum absolute atomic E-state index is 13.2. The number of carbonyl (C=O) groups excluding carboxylic acids is 3. The van der Waals surface area contributed by atoms with Crippen LogP contribution in [0.4, 0.5) is 5.69 Å². The monoisotopic (exact) mass is 449 g/mol. The fourth-order valence-corrected chi connectivity index (χ4v) is 6.50. The molecule has 1 aliphatic heterocycles. The number of benzene rings is 3. The van der Waals surface area contributed by atoms with Gasteiger partial charge in [0.2, 0.25) is 11.8 Å². The molecule has 5 nitrogen and oxygen atoms in total. The van der Waals surface area contributed by atoms with Crippen LogP contribution in [0.3, 0.4) is 0 Å². The third kappa shape index (κ3) is 2.82. The first-order valence-electron chi connectivity index (χ1n) is 11.9. The van der Waals surface area contributed by atoms with Crippen LogP contribution < -0.4 is 9.64 Å². The standard InChI is InChI=1S/C29H23NO4/c31-25(18-6-5-16-3-1-2-4-17(16)13-18)15-34-20-9-7-19(8-10-20)30-28(32)26-21-11-12-22(24-14-23(21)24)27(26)29(30)33/h1-13,21-24,26-27H,14-15H2/t21-,22?,23?,24-,26?,27?/m1/s1. The van der Waals surface area contributed by atoms with Gasteiger partial charge in [0, 0.05) is 5.56 Å². The lowest BCUT2D eigenvalue weighted by atomic mass is 9.63. The van der Waals surface area contributed by atoms with Crippen LogP contribution in [0.1, 0.15) is 16.8 Å². The van der Waals surface area contributed by atoms with Crippen molar-refractivity contribution < 1.29 is 19.1 Å². The van der Waals surface area contributed by atoms with Gasteiger partial charge in [0.15, 0.2) is 12.4 Å². The summed E-state index contributed by atoms with van der Waals surface area (Å²) in [4.78, 5) is 40.5. The van der Waals surface area contributed by atoms with Crippen LogP contribution in [0.25, 0.3) is 10.8 Å². The number of nitrogens with zero attached hydrogens (tertiary/aromatic N) is 1. The molecular formula is C29H23NO4. The highest BCUT2D eigenvalue weighted by Gasteiger charge is 2.67. The summed E-state index contributed by atoms with van der Waals surface area (Å²) in [6.07, 6.45) is 5.51. The molecule has 4 aliphatic carbocycles. The molecule has 5 aliphatic rings. The minimum absolute atomic E-state index is 0.0696. The Kier molecular flexibility index (Phi) is 4.14. The molecule has 2 saturated carbocycles. The lowest BCUT2D eigenvalue weighted by molar-refractivity contribution is -0.124. The summed E-state index contributed by atoms with van der Waals surface area (Å²) in [6, 6.07) is 20.4. The van der Waals surface area contributed by atoms with E-state index in [1.54, 1.807) is 24.3 Å². The number of ketones is 1. The highest BCUT2D eigenvalue weighted by molar-refractivity contribution is 6.22. The van der Waals surface area contributed by atoms with Crippen molar-refractivity contribution in [2.24, 2.45) is 35.5 Å². The number of hydrogen-bond acceptors (Lipinski definition) is 4. The first-order valence-corrected chi connectivity index (χ1v) is 11.9. The Morgan fingerprint density at radius 2 is 1.47 bits per heavy atom. The van der Waals surface area contributed by atoms with E-state index in [0.717, 1.165) is 17.2 Å². The van der Waals surface area contributed by atoms with Gasteiger partial charge in [0.1, 0.15) is 5.75 Å². The molecule has 8 rings (SSSR count). The number of imide groups is 1. The quantitative estimate of drug-likeness (QED) is 0.323. The molecule has 3 aromatic rings. The number of amides is 2. The molecule has 3 fully saturated rings. The van der Waals surface area contributed by atoms with E-state index in [1.807, 2.05) is 42.5 Å². The predicted molar refractivity (Wildman–Crippen MR) is 127 cm³/mol. The Hall–Kier alpha value is -3.73. The number of allylic oxidation sites excluding steroid dienone is 2. The smallest absolute Gasteiger partial charge is 0.238 e. The summed E-state index contributed by atoms with van der Waals surface area (Å²) in [5.41, 5.74) is 1.18. The Labute approximate surface area is 197 Å². The second-order valence-corrected chi connectivity index (χ2v) is 9.93. The van der Waals surface area contributed by atoms with Crippen LogP contribution in [0.5, 0.6) is 5.75 Å². The van der Waals surface area contributed by atoms with E-state index in [9.17, 15) is 14.4 Å². The maximum atomic E-state index is 13.2. The van der Waals surface area contributed by atoms with Crippen LogP contribution in [-0.4, -0.2) is 24.2 Å². The van der Waals surface area contributed by atoms with Gasteiger partial charge in [-0.1, -0.05) is 48.6 Å². The third-order valence-corrected chi connectivity index (χ3v) is 8.20.